The molecular formula is C23H22ClN5O2. The van der Waals surface area contributed by atoms with E-state index in [2.05, 4.69) is 20.6 Å². The van der Waals surface area contributed by atoms with E-state index in [4.69, 9.17) is 16.0 Å². The molecule has 0 atom stereocenters. The van der Waals surface area contributed by atoms with E-state index in [-0.39, 0.29) is 11.6 Å². The van der Waals surface area contributed by atoms with Crippen LogP contribution >= 0.6 is 11.6 Å². The molecule has 1 amide bonds. The van der Waals surface area contributed by atoms with Crippen LogP contribution in [0.4, 0.5) is 5.69 Å². The second-order valence-corrected chi connectivity index (χ2v) is 7.61. The number of carbonyl (C=O) groups is 1. The number of nitrogens with zero attached hydrogens (tertiary/aromatic N) is 4. The molecule has 0 spiro atoms. The van der Waals surface area contributed by atoms with E-state index in [0.29, 0.717) is 28.9 Å². The van der Waals surface area contributed by atoms with Gasteiger partial charge in [0.25, 0.3) is 5.91 Å². The number of nitrogens with one attached hydrogen (secondary N) is 1. The number of anilines is 1. The minimum absolute atomic E-state index is 0.282. The van der Waals surface area contributed by atoms with Crippen molar-refractivity contribution in [2.75, 3.05) is 5.32 Å². The standard InChI is InChI=1S/C23H22ClN5O2/c1-4-16-7-5-6-8-19(16)25-22(30)21-14(2)29(28-27-21)13-20-15(3)31-23(26-20)17-9-11-18(24)12-10-17/h5-12H,4,13H2,1-3H3,(H,25,30). The fourth-order valence-electron chi connectivity index (χ4n) is 3.28. The van der Waals surface area contributed by atoms with Crippen molar-refractivity contribution in [3.8, 4) is 11.5 Å². The lowest BCUT2D eigenvalue weighted by atomic mass is 10.1. The second kappa shape index (κ2) is 8.73. The third-order valence-corrected chi connectivity index (χ3v) is 5.38. The number of oxazole rings is 1. The molecule has 158 valence electrons. The molecule has 0 bridgehead atoms. The largest absolute Gasteiger partial charge is 0.441 e. The van der Waals surface area contributed by atoms with Gasteiger partial charge in [0.1, 0.15) is 11.5 Å². The average Bonchev–Trinajstić information content (AvgIpc) is 3.32. The minimum atomic E-state index is -0.289. The molecule has 7 nitrogen and oxygen atoms in total. The molecule has 8 heteroatoms. The average molecular weight is 436 g/mol. The quantitative estimate of drug-likeness (QED) is 0.457. The summed E-state index contributed by atoms with van der Waals surface area (Å²) in [6.07, 6.45) is 0.823. The summed E-state index contributed by atoms with van der Waals surface area (Å²) in [4.78, 5) is 17.4. The molecule has 1 N–H and O–H groups in total. The number of aromatic nitrogens is 4. The number of benzene rings is 2. The molecule has 0 unspecified atom stereocenters. The van der Waals surface area contributed by atoms with Crippen LogP contribution in [0.3, 0.4) is 0 Å². The highest BCUT2D eigenvalue weighted by atomic mass is 35.5. The molecule has 0 saturated heterocycles. The number of para-hydroxylation sites is 1. The first-order valence-electron chi connectivity index (χ1n) is 9.97. The number of hydrogen-bond acceptors (Lipinski definition) is 5. The van der Waals surface area contributed by atoms with Gasteiger partial charge in [-0.05, 0) is 56.2 Å². The predicted octanol–water partition coefficient (Wildman–Crippen LogP) is 5.07. The van der Waals surface area contributed by atoms with E-state index in [9.17, 15) is 4.79 Å². The van der Waals surface area contributed by atoms with Crippen molar-refractivity contribution in [2.24, 2.45) is 0 Å². The minimum Gasteiger partial charge on any atom is -0.441 e. The Bertz CT molecular complexity index is 1230. The van der Waals surface area contributed by atoms with Crippen LogP contribution in [0, 0.1) is 13.8 Å². The number of halogens is 1. The van der Waals surface area contributed by atoms with Gasteiger partial charge in [-0.25, -0.2) is 9.67 Å². The zero-order chi connectivity index (χ0) is 22.0. The molecule has 0 saturated carbocycles. The fraction of sp³-hybridized carbons (Fsp3) is 0.217. The molecular weight excluding hydrogens is 414 g/mol. The van der Waals surface area contributed by atoms with Crippen LogP contribution in [0.25, 0.3) is 11.5 Å². The van der Waals surface area contributed by atoms with E-state index < -0.39 is 0 Å². The Labute approximate surface area is 185 Å². The highest BCUT2D eigenvalue weighted by molar-refractivity contribution is 6.30. The third-order valence-electron chi connectivity index (χ3n) is 5.13. The van der Waals surface area contributed by atoms with Gasteiger partial charge in [-0.2, -0.15) is 0 Å². The topological polar surface area (TPSA) is 85.8 Å². The Hall–Kier alpha value is -3.45. The zero-order valence-electron chi connectivity index (χ0n) is 17.5. The van der Waals surface area contributed by atoms with Crippen molar-refractivity contribution in [2.45, 2.75) is 33.7 Å². The van der Waals surface area contributed by atoms with Crippen LogP contribution in [0.2, 0.25) is 5.02 Å². The zero-order valence-corrected chi connectivity index (χ0v) is 18.3. The van der Waals surface area contributed by atoms with Gasteiger partial charge in [-0.15, -0.1) is 5.10 Å². The van der Waals surface area contributed by atoms with Crippen LogP contribution in [0.1, 0.15) is 40.1 Å². The Balaban J connectivity index is 1.53. The fourth-order valence-corrected chi connectivity index (χ4v) is 3.41. The van der Waals surface area contributed by atoms with Crippen molar-refractivity contribution in [1.82, 2.24) is 20.0 Å². The lowest BCUT2D eigenvalue weighted by Crippen LogP contribution is -2.15. The molecule has 2 heterocycles. The summed E-state index contributed by atoms with van der Waals surface area (Å²) >= 11 is 5.95. The van der Waals surface area contributed by atoms with Crippen molar-refractivity contribution < 1.29 is 9.21 Å². The lowest BCUT2D eigenvalue weighted by Gasteiger charge is -2.08. The van der Waals surface area contributed by atoms with Crippen LogP contribution in [0.15, 0.2) is 52.9 Å². The first kappa shape index (κ1) is 20.8. The maximum Gasteiger partial charge on any atom is 0.278 e. The molecule has 4 aromatic rings. The van der Waals surface area contributed by atoms with E-state index in [1.165, 1.54) is 0 Å². The summed E-state index contributed by atoms with van der Waals surface area (Å²) in [5.74, 6) is 0.905. The normalized spacial score (nSPS) is 11.0. The Kier molecular flexibility index (Phi) is 5.86. The van der Waals surface area contributed by atoms with Gasteiger partial charge >= 0.3 is 0 Å². The molecule has 4 rings (SSSR count). The van der Waals surface area contributed by atoms with Crippen LogP contribution in [-0.2, 0) is 13.0 Å². The molecule has 2 aromatic heterocycles. The van der Waals surface area contributed by atoms with Gasteiger partial charge in [0, 0.05) is 16.3 Å². The van der Waals surface area contributed by atoms with E-state index in [1.54, 1.807) is 16.8 Å². The third kappa shape index (κ3) is 4.36. The first-order chi connectivity index (χ1) is 15.0. The van der Waals surface area contributed by atoms with E-state index >= 15 is 0 Å². The highest BCUT2D eigenvalue weighted by Crippen LogP contribution is 2.24. The Morgan fingerprint density at radius 2 is 1.87 bits per heavy atom. The maximum absolute atomic E-state index is 12.8. The van der Waals surface area contributed by atoms with E-state index in [1.807, 2.05) is 57.2 Å². The summed E-state index contributed by atoms with van der Waals surface area (Å²) in [5, 5.41) is 11.8. The van der Waals surface area contributed by atoms with Gasteiger partial charge in [-0.3, -0.25) is 4.79 Å². The Morgan fingerprint density at radius 1 is 1.13 bits per heavy atom. The van der Waals surface area contributed by atoms with Crippen molar-refractivity contribution in [1.29, 1.82) is 0 Å². The number of amides is 1. The van der Waals surface area contributed by atoms with Crippen LogP contribution in [0.5, 0.6) is 0 Å². The van der Waals surface area contributed by atoms with Crippen LogP contribution < -0.4 is 5.32 Å². The van der Waals surface area contributed by atoms with Crippen molar-refractivity contribution >= 4 is 23.2 Å². The SMILES string of the molecule is CCc1ccccc1NC(=O)c1nnn(Cc2nc(-c3ccc(Cl)cc3)oc2C)c1C. The molecule has 0 radical (unpaired) electrons. The highest BCUT2D eigenvalue weighted by Gasteiger charge is 2.20. The Morgan fingerprint density at radius 3 is 2.61 bits per heavy atom. The van der Waals surface area contributed by atoms with Gasteiger partial charge in [-0.1, -0.05) is 41.9 Å². The molecule has 0 aliphatic carbocycles. The molecule has 0 aliphatic rings. The summed E-state index contributed by atoms with van der Waals surface area (Å²) in [5.41, 5.74) is 4.34. The number of carbonyl (C=O) groups excluding carboxylic acids is 1. The maximum atomic E-state index is 12.8. The second-order valence-electron chi connectivity index (χ2n) is 7.17. The van der Waals surface area contributed by atoms with Gasteiger partial charge < -0.3 is 9.73 Å². The first-order valence-corrected chi connectivity index (χ1v) is 10.4. The van der Waals surface area contributed by atoms with Crippen LogP contribution in [-0.4, -0.2) is 25.9 Å². The van der Waals surface area contributed by atoms with Gasteiger partial charge in [0.05, 0.1) is 12.2 Å². The monoisotopic (exact) mass is 435 g/mol. The smallest absolute Gasteiger partial charge is 0.278 e. The van der Waals surface area contributed by atoms with E-state index in [0.717, 1.165) is 28.9 Å². The molecule has 0 aliphatic heterocycles. The lowest BCUT2D eigenvalue weighted by molar-refractivity contribution is 0.102. The number of aryl methyl sites for hydroxylation is 2. The van der Waals surface area contributed by atoms with Gasteiger partial charge in [0.15, 0.2) is 5.69 Å². The summed E-state index contributed by atoms with van der Waals surface area (Å²) in [7, 11) is 0. The van der Waals surface area contributed by atoms with Crippen molar-refractivity contribution in [3.05, 3.63) is 82.0 Å². The predicted molar refractivity (Wildman–Crippen MR) is 119 cm³/mol. The summed E-state index contributed by atoms with van der Waals surface area (Å²) < 4.78 is 7.47. The molecule has 31 heavy (non-hydrogen) atoms. The number of rotatable bonds is 6. The molecule has 0 fully saturated rings. The summed E-state index contributed by atoms with van der Waals surface area (Å²) in [6.45, 7) is 6.06. The molecule has 2 aromatic carbocycles. The van der Waals surface area contributed by atoms with Crippen molar-refractivity contribution in [3.63, 3.8) is 0 Å². The summed E-state index contributed by atoms with van der Waals surface area (Å²) in [6, 6.07) is 15.0. The van der Waals surface area contributed by atoms with Gasteiger partial charge in [0.2, 0.25) is 5.89 Å². The number of hydrogen-bond donors (Lipinski definition) is 1.